The summed E-state index contributed by atoms with van der Waals surface area (Å²) < 4.78 is 25.3. The van der Waals surface area contributed by atoms with Crippen molar-refractivity contribution in [1.82, 2.24) is 19.3 Å². The highest BCUT2D eigenvalue weighted by Crippen LogP contribution is 2.33. The first kappa shape index (κ1) is 15.3. The lowest BCUT2D eigenvalue weighted by atomic mass is 10.1. The first-order valence-electron chi connectivity index (χ1n) is 6.92. The Hall–Kier alpha value is -1.58. The number of thiazole rings is 1. The van der Waals surface area contributed by atoms with Crippen molar-refractivity contribution in [1.29, 1.82) is 0 Å². The molecule has 1 N–H and O–H groups in total. The standard InChI is InChI=1S/C13H17N5O2S2/c1-9-15-10(11-4-3-6-18(11)22(2,19)20)8-12(16-9)17-13-14-5-7-21-13/h5,7-8,11H,3-4,6H2,1-2H3,(H,14,15,16,17). The van der Waals surface area contributed by atoms with E-state index in [1.54, 1.807) is 13.1 Å². The van der Waals surface area contributed by atoms with Crippen molar-refractivity contribution in [3.05, 3.63) is 29.2 Å². The molecule has 3 rings (SSSR count). The molecule has 0 radical (unpaired) electrons. The van der Waals surface area contributed by atoms with Crippen molar-refractivity contribution in [2.24, 2.45) is 0 Å². The summed E-state index contributed by atoms with van der Waals surface area (Å²) in [5, 5.41) is 5.75. The van der Waals surface area contributed by atoms with E-state index in [1.807, 2.05) is 11.4 Å². The number of sulfonamides is 1. The van der Waals surface area contributed by atoms with Crippen molar-refractivity contribution >= 4 is 32.3 Å². The average molecular weight is 339 g/mol. The van der Waals surface area contributed by atoms with E-state index in [4.69, 9.17) is 0 Å². The fraction of sp³-hybridized carbons (Fsp3) is 0.462. The summed E-state index contributed by atoms with van der Waals surface area (Å²) in [5.41, 5.74) is 0.731. The fourth-order valence-electron chi connectivity index (χ4n) is 2.65. The highest BCUT2D eigenvalue weighted by Gasteiger charge is 2.33. The largest absolute Gasteiger partial charge is 0.316 e. The topological polar surface area (TPSA) is 88.1 Å². The van der Waals surface area contributed by atoms with Crippen LogP contribution in [0.25, 0.3) is 0 Å². The molecule has 9 heteroatoms. The quantitative estimate of drug-likeness (QED) is 0.917. The maximum Gasteiger partial charge on any atom is 0.211 e. The summed E-state index contributed by atoms with van der Waals surface area (Å²) in [6, 6.07) is 1.59. The molecule has 1 aliphatic rings. The zero-order valence-corrected chi connectivity index (χ0v) is 14.0. The third-order valence-corrected chi connectivity index (χ3v) is 5.47. The van der Waals surface area contributed by atoms with Crippen molar-refractivity contribution in [3.63, 3.8) is 0 Å². The van der Waals surface area contributed by atoms with E-state index in [0.717, 1.165) is 23.7 Å². The normalized spacial score (nSPS) is 19.5. The molecule has 118 valence electrons. The van der Waals surface area contributed by atoms with Crippen LogP contribution in [0.2, 0.25) is 0 Å². The molecule has 1 fully saturated rings. The Bertz CT molecular complexity index is 761. The van der Waals surface area contributed by atoms with Gasteiger partial charge in [-0.3, -0.25) is 0 Å². The Balaban J connectivity index is 1.92. The van der Waals surface area contributed by atoms with Crippen molar-refractivity contribution in [2.75, 3.05) is 18.1 Å². The summed E-state index contributed by atoms with van der Waals surface area (Å²) in [6.07, 6.45) is 4.58. The molecule has 1 atom stereocenters. The van der Waals surface area contributed by atoms with Crippen molar-refractivity contribution in [3.8, 4) is 0 Å². The van der Waals surface area contributed by atoms with Crippen molar-refractivity contribution in [2.45, 2.75) is 25.8 Å². The van der Waals surface area contributed by atoms with Crippen LogP contribution in [-0.2, 0) is 10.0 Å². The lowest BCUT2D eigenvalue weighted by molar-refractivity contribution is 0.393. The second kappa shape index (κ2) is 5.90. The van der Waals surface area contributed by atoms with Gasteiger partial charge in [-0.2, -0.15) is 4.31 Å². The molecule has 22 heavy (non-hydrogen) atoms. The van der Waals surface area contributed by atoms with Crippen LogP contribution in [0.15, 0.2) is 17.6 Å². The van der Waals surface area contributed by atoms with Gasteiger partial charge in [-0.05, 0) is 19.8 Å². The van der Waals surface area contributed by atoms with Crippen LogP contribution >= 0.6 is 11.3 Å². The first-order chi connectivity index (χ1) is 10.4. The molecule has 2 aromatic heterocycles. The second-order valence-electron chi connectivity index (χ2n) is 5.22. The molecule has 3 heterocycles. The predicted molar refractivity (Wildman–Crippen MR) is 85.7 cm³/mol. The van der Waals surface area contributed by atoms with Gasteiger partial charge >= 0.3 is 0 Å². The number of rotatable bonds is 4. The van der Waals surface area contributed by atoms with E-state index in [-0.39, 0.29) is 6.04 Å². The smallest absolute Gasteiger partial charge is 0.211 e. The van der Waals surface area contributed by atoms with Crippen LogP contribution in [0.5, 0.6) is 0 Å². The number of nitrogens with zero attached hydrogens (tertiary/aromatic N) is 4. The molecule has 7 nitrogen and oxygen atoms in total. The van der Waals surface area contributed by atoms with Crippen LogP contribution in [0.1, 0.15) is 30.4 Å². The molecule has 0 saturated carbocycles. The number of aromatic nitrogens is 3. The molecule has 2 aromatic rings. The molecular weight excluding hydrogens is 322 g/mol. The van der Waals surface area contributed by atoms with Crippen LogP contribution < -0.4 is 5.32 Å². The summed E-state index contributed by atoms with van der Waals surface area (Å²) in [5.74, 6) is 1.25. The van der Waals surface area contributed by atoms with Gasteiger partial charge in [0.2, 0.25) is 10.0 Å². The highest BCUT2D eigenvalue weighted by atomic mass is 32.2. The number of aryl methyl sites for hydroxylation is 1. The predicted octanol–water partition coefficient (Wildman–Crippen LogP) is 2.08. The SMILES string of the molecule is Cc1nc(Nc2nccs2)cc(C2CCCN2S(C)(=O)=O)n1. The Morgan fingerprint density at radius 3 is 2.91 bits per heavy atom. The summed E-state index contributed by atoms with van der Waals surface area (Å²) in [6.45, 7) is 2.35. The van der Waals surface area contributed by atoms with Crippen LogP contribution in [0, 0.1) is 6.92 Å². The van der Waals surface area contributed by atoms with Crippen LogP contribution in [-0.4, -0.2) is 40.5 Å². The van der Waals surface area contributed by atoms with Gasteiger partial charge in [0.25, 0.3) is 0 Å². The zero-order valence-electron chi connectivity index (χ0n) is 12.4. The second-order valence-corrected chi connectivity index (χ2v) is 8.05. The van der Waals surface area contributed by atoms with Crippen molar-refractivity contribution < 1.29 is 8.42 Å². The lowest BCUT2D eigenvalue weighted by Crippen LogP contribution is -2.30. The average Bonchev–Trinajstić information content (AvgIpc) is 3.07. The maximum atomic E-state index is 11.9. The number of nitrogens with one attached hydrogen (secondary N) is 1. The summed E-state index contributed by atoms with van der Waals surface area (Å²) >= 11 is 1.48. The Morgan fingerprint density at radius 1 is 1.41 bits per heavy atom. The third-order valence-electron chi connectivity index (χ3n) is 3.50. The van der Waals surface area contributed by atoms with Gasteiger partial charge in [-0.25, -0.2) is 23.4 Å². The van der Waals surface area contributed by atoms with E-state index in [0.29, 0.717) is 18.2 Å². The Morgan fingerprint density at radius 2 is 2.23 bits per heavy atom. The van der Waals surface area contributed by atoms with Crippen LogP contribution in [0.3, 0.4) is 0 Å². The molecule has 0 aliphatic carbocycles. The van der Waals surface area contributed by atoms with E-state index in [1.165, 1.54) is 21.9 Å². The van der Waals surface area contributed by atoms with E-state index in [9.17, 15) is 8.42 Å². The van der Waals surface area contributed by atoms with Gasteiger partial charge < -0.3 is 5.32 Å². The van der Waals surface area contributed by atoms with Gasteiger partial charge in [0.15, 0.2) is 5.13 Å². The van der Waals surface area contributed by atoms with Gasteiger partial charge in [-0.1, -0.05) is 0 Å². The molecule has 0 amide bonds. The van der Waals surface area contributed by atoms with Gasteiger partial charge in [0.1, 0.15) is 11.6 Å². The third kappa shape index (κ3) is 3.26. The minimum absolute atomic E-state index is 0.214. The van der Waals surface area contributed by atoms with E-state index in [2.05, 4.69) is 20.3 Å². The minimum Gasteiger partial charge on any atom is -0.316 e. The molecule has 1 aliphatic heterocycles. The molecule has 1 unspecified atom stereocenters. The fourth-order valence-corrected chi connectivity index (χ4v) is 4.33. The zero-order chi connectivity index (χ0) is 15.7. The summed E-state index contributed by atoms with van der Waals surface area (Å²) in [4.78, 5) is 12.9. The Labute approximate surface area is 133 Å². The maximum absolute atomic E-state index is 11.9. The number of anilines is 2. The van der Waals surface area contributed by atoms with Gasteiger partial charge in [-0.15, -0.1) is 11.3 Å². The molecule has 0 spiro atoms. The lowest BCUT2D eigenvalue weighted by Gasteiger charge is -2.22. The summed E-state index contributed by atoms with van der Waals surface area (Å²) in [7, 11) is -3.23. The van der Waals surface area contributed by atoms with Gasteiger partial charge in [0, 0.05) is 24.2 Å². The monoisotopic (exact) mass is 339 g/mol. The number of hydrogen-bond acceptors (Lipinski definition) is 7. The first-order valence-corrected chi connectivity index (χ1v) is 9.65. The van der Waals surface area contributed by atoms with Gasteiger partial charge in [0.05, 0.1) is 18.0 Å². The van der Waals surface area contributed by atoms with Crippen LogP contribution in [0.4, 0.5) is 10.9 Å². The molecular formula is C13H17N5O2S2. The van der Waals surface area contributed by atoms with E-state index >= 15 is 0 Å². The molecule has 1 saturated heterocycles. The van der Waals surface area contributed by atoms with E-state index < -0.39 is 10.0 Å². The molecule has 0 bridgehead atoms. The number of hydrogen-bond donors (Lipinski definition) is 1. The minimum atomic E-state index is -3.23. The molecule has 0 aromatic carbocycles. The highest BCUT2D eigenvalue weighted by molar-refractivity contribution is 7.88. The Kier molecular flexibility index (Phi) is 4.11.